The Morgan fingerprint density at radius 3 is 2.47 bits per heavy atom. The van der Waals surface area contributed by atoms with Crippen LogP contribution in [-0.4, -0.2) is 14.3 Å². The zero-order chi connectivity index (χ0) is 24.0. The number of nitrogens with zero attached hydrogens (tertiary/aromatic N) is 1. The zero-order valence-corrected chi connectivity index (χ0v) is 19.4. The number of hydrogen-bond donors (Lipinski definition) is 2. The molecule has 34 heavy (non-hydrogen) atoms. The van der Waals surface area contributed by atoms with Gasteiger partial charge in [0.15, 0.2) is 0 Å². The van der Waals surface area contributed by atoms with Gasteiger partial charge in [-0.2, -0.15) is 5.26 Å². The quantitative estimate of drug-likeness (QED) is 0.351. The van der Waals surface area contributed by atoms with Crippen molar-refractivity contribution < 1.29 is 17.9 Å². The molecule has 1 aromatic heterocycles. The van der Waals surface area contributed by atoms with Crippen LogP contribution in [-0.2, 0) is 16.6 Å². The van der Waals surface area contributed by atoms with Crippen molar-refractivity contribution in [2.24, 2.45) is 0 Å². The Kier molecular flexibility index (Phi) is 6.92. The van der Waals surface area contributed by atoms with E-state index in [1.807, 2.05) is 6.07 Å². The molecule has 1 heterocycles. The molecule has 0 aliphatic carbocycles. The summed E-state index contributed by atoms with van der Waals surface area (Å²) in [7, 11) is -3.65. The van der Waals surface area contributed by atoms with Gasteiger partial charge in [0.05, 0.1) is 11.6 Å². The minimum Gasteiger partial charge on any atom is -0.489 e. The molecule has 0 saturated heterocycles. The average molecular weight is 490 g/mol. The molecule has 0 spiro atoms. The van der Waals surface area contributed by atoms with Crippen LogP contribution < -0.4 is 14.8 Å². The van der Waals surface area contributed by atoms with E-state index in [0.717, 1.165) is 16.9 Å². The molecule has 3 aromatic carbocycles. The number of anilines is 2. The lowest BCUT2D eigenvalue weighted by atomic mass is 10.1. The van der Waals surface area contributed by atoms with Crippen molar-refractivity contribution in [3.8, 4) is 11.8 Å². The summed E-state index contributed by atoms with van der Waals surface area (Å²) in [5, 5.41) is 13.5. The van der Waals surface area contributed by atoms with E-state index in [1.165, 1.54) is 18.2 Å². The second-order valence-electron chi connectivity index (χ2n) is 7.20. The Bertz CT molecular complexity index is 1440. The summed E-state index contributed by atoms with van der Waals surface area (Å²) in [5.41, 5.74) is 2.71. The number of sulfonamides is 1. The van der Waals surface area contributed by atoms with Crippen LogP contribution in [0.4, 0.5) is 11.4 Å². The molecule has 9 heteroatoms. The van der Waals surface area contributed by atoms with Crippen LogP contribution in [0.25, 0.3) is 0 Å². The van der Waals surface area contributed by atoms with Crippen molar-refractivity contribution in [2.45, 2.75) is 10.8 Å². The van der Waals surface area contributed by atoms with E-state index in [9.17, 15) is 13.2 Å². The van der Waals surface area contributed by atoms with Crippen LogP contribution in [0.3, 0.4) is 0 Å². The Hall–Kier alpha value is -4.13. The third-order valence-corrected chi connectivity index (χ3v) is 7.49. The molecule has 0 radical (unpaired) electrons. The highest BCUT2D eigenvalue weighted by Gasteiger charge is 2.15. The lowest BCUT2D eigenvalue weighted by Gasteiger charge is -2.10. The molecule has 7 nitrogen and oxygen atoms in total. The average Bonchev–Trinajstić information content (AvgIpc) is 3.40. The van der Waals surface area contributed by atoms with Gasteiger partial charge in [-0.25, -0.2) is 8.42 Å². The Morgan fingerprint density at radius 2 is 1.74 bits per heavy atom. The smallest absolute Gasteiger partial charge is 0.271 e. The largest absolute Gasteiger partial charge is 0.489 e. The van der Waals surface area contributed by atoms with Gasteiger partial charge >= 0.3 is 0 Å². The second kappa shape index (κ2) is 10.2. The van der Waals surface area contributed by atoms with Crippen LogP contribution in [0.15, 0.2) is 94.5 Å². The van der Waals surface area contributed by atoms with E-state index in [1.54, 1.807) is 66.0 Å². The number of ether oxygens (including phenoxy) is 1. The predicted molar refractivity (Wildman–Crippen MR) is 131 cm³/mol. The fourth-order valence-electron chi connectivity index (χ4n) is 3.08. The number of nitrogens with one attached hydrogen (secondary N) is 2. The molecule has 170 valence electrons. The summed E-state index contributed by atoms with van der Waals surface area (Å²) >= 11 is 1.13. The number of hydrogen-bond acceptors (Lipinski definition) is 6. The lowest BCUT2D eigenvalue weighted by Crippen LogP contribution is -2.13. The summed E-state index contributed by atoms with van der Waals surface area (Å²) in [4.78, 5) is 12.6. The minimum absolute atomic E-state index is 0.217. The fraction of sp³-hybridized carbons (Fsp3) is 0.0400. The zero-order valence-electron chi connectivity index (χ0n) is 17.8. The van der Waals surface area contributed by atoms with Gasteiger partial charge < -0.3 is 10.1 Å². The maximum absolute atomic E-state index is 12.6. The highest BCUT2D eigenvalue weighted by Crippen LogP contribution is 2.22. The van der Waals surface area contributed by atoms with E-state index in [-0.39, 0.29) is 16.7 Å². The first-order chi connectivity index (χ1) is 16.4. The third-order valence-electron chi connectivity index (χ3n) is 4.71. The molecule has 1 amide bonds. The summed E-state index contributed by atoms with van der Waals surface area (Å²) in [6.07, 6.45) is 0. The topological polar surface area (TPSA) is 108 Å². The number of thiophene rings is 1. The first kappa shape index (κ1) is 23.0. The van der Waals surface area contributed by atoms with Crippen molar-refractivity contribution in [3.05, 3.63) is 107 Å². The van der Waals surface area contributed by atoms with Crippen LogP contribution >= 0.6 is 11.3 Å². The fourth-order valence-corrected chi connectivity index (χ4v) is 5.13. The molecular weight excluding hydrogens is 470 g/mol. The van der Waals surface area contributed by atoms with Gasteiger partial charge in [-0.3, -0.25) is 9.52 Å². The number of rotatable bonds is 8. The predicted octanol–water partition coefficient (Wildman–Crippen LogP) is 5.25. The maximum Gasteiger partial charge on any atom is 0.271 e. The maximum atomic E-state index is 12.6. The minimum atomic E-state index is -3.65. The first-order valence-corrected chi connectivity index (χ1v) is 12.5. The van der Waals surface area contributed by atoms with Gasteiger partial charge in [0, 0.05) is 23.0 Å². The number of carbonyl (C=O) groups excluding carboxylic acids is 1. The van der Waals surface area contributed by atoms with Gasteiger partial charge in [0.25, 0.3) is 15.9 Å². The standard InChI is InChI=1S/C25H19N3O4S2/c26-16-18-4-1-5-19(14-18)17-32-23-7-2-6-22(15-23)27-25(29)20-9-11-21(12-10-20)28-34(30,31)24-8-3-13-33-24/h1-15,28H,17H2,(H,27,29). The van der Waals surface area contributed by atoms with E-state index in [2.05, 4.69) is 16.1 Å². The molecule has 4 aromatic rings. The molecular formula is C25H19N3O4S2. The summed E-state index contributed by atoms with van der Waals surface area (Å²) < 4.78 is 33.1. The summed E-state index contributed by atoms with van der Waals surface area (Å²) in [5.74, 6) is 0.227. The SMILES string of the molecule is N#Cc1cccc(COc2cccc(NC(=O)c3ccc(NS(=O)(=O)c4cccs4)cc3)c2)c1. The number of carbonyl (C=O) groups is 1. The van der Waals surface area contributed by atoms with Crippen molar-refractivity contribution in [2.75, 3.05) is 10.0 Å². The van der Waals surface area contributed by atoms with Gasteiger partial charge in [-0.05, 0) is 65.5 Å². The van der Waals surface area contributed by atoms with Gasteiger partial charge in [0.2, 0.25) is 0 Å². The lowest BCUT2D eigenvalue weighted by molar-refractivity contribution is 0.102. The van der Waals surface area contributed by atoms with E-state index < -0.39 is 10.0 Å². The molecule has 0 aliphatic rings. The Balaban J connectivity index is 1.37. The molecule has 4 rings (SSSR count). The van der Waals surface area contributed by atoms with Crippen LogP contribution in [0.1, 0.15) is 21.5 Å². The van der Waals surface area contributed by atoms with E-state index >= 15 is 0 Å². The highest BCUT2D eigenvalue weighted by molar-refractivity contribution is 7.94. The van der Waals surface area contributed by atoms with Crippen LogP contribution in [0, 0.1) is 11.3 Å². The van der Waals surface area contributed by atoms with Crippen molar-refractivity contribution in [3.63, 3.8) is 0 Å². The number of nitriles is 1. The van der Waals surface area contributed by atoms with Gasteiger partial charge in [-0.1, -0.05) is 24.3 Å². The normalized spacial score (nSPS) is 10.8. The monoisotopic (exact) mass is 489 g/mol. The third kappa shape index (κ3) is 5.81. The number of amides is 1. The van der Waals surface area contributed by atoms with Crippen molar-refractivity contribution in [1.29, 1.82) is 5.26 Å². The number of benzene rings is 3. The Labute approximate surface area is 201 Å². The molecule has 0 bridgehead atoms. The Morgan fingerprint density at radius 1 is 0.941 bits per heavy atom. The molecule has 0 fully saturated rings. The van der Waals surface area contributed by atoms with E-state index in [0.29, 0.717) is 28.3 Å². The highest BCUT2D eigenvalue weighted by atomic mass is 32.2. The molecule has 0 unspecified atom stereocenters. The molecule has 0 saturated carbocycles. The van der Waals surface area contributed by atoms with E-state index in [4.69, 9.17) is 10.00 Å². The summed E-state index contributed by atoms with van der Waals surface area (Å²) in [6.45, 7) is 0.287. The molecule has 0 atom stereocenters. The van der Waals surface area contributed by atoms with Crippen LogP contribution in [0.5, 0.6) is 5.75 Å². The first-order valence-electron chi connectivity index (χ1n) is 10.1. The van der Waals surface area contributed by atoms with Gasteiger partial charge in [-0.15, -0.1) is 11.3 Å². The van der Waals surface area contributed by atoms with Crippen molar-refractivity contribution >= 4 is 38.6 Å². The van der Waals surface area contributed by atoms with Crippen molar-refractivity contribution in [1.82, 2.24) is 0 Å². The molecule has 2 N–H and O–H groups in total. The van der Waals surface area contributed by atoms with Gasteiger partial charge in [0.1, 0.15) is 16.6 Å². The second-order valence-corrected chi connectivity index (χ2v) is 10.1. The molecule has 0 aliphatic heterocycles. The summed E-state index contributed by atoms with van der Waals surface area (Å²) in [6, 6.07) is 25.6. The van der Waals surface area contributed by atoms with Crippen LogP contribution in [0.2, 0.25) is 0 Å².